The summed E-state index contributed by atoms with van der Waals surface area (Å²) in [6.45, 7) is 6.55. The van der Waals surface area contributed by atoms with Crippen LogP contribution in [0, 0.1) is 17.7 Å². The van der Waals surface area contributed by atoms with Crippen molar-refractivity contribution in [1.29, 1.82) is 0 Å². The maximum absolute atomic E-state index is 13.9. The molecule has 1 aliphatic rings. The molecule has 1 atom stereocenters. The number of allylic oxidation sites excluding steroid dienone is 1. The van der Waals surface area contributed by atoms with Crippen LogP contribution in [0.15, 0.2) is 29.7 Å². The molecule has 0 unspecified atom stereocenters. The Balaban J connectivity index is 1.91. The Hall–Kier alpha value is -1.40. The zero-order valence-corrected chi connectivity index (χ0v) is 16.7. The second kappa shape index (κ2) is 9.51. The molecule has 0 heterocycles. The van der Waals surface area contributed by atoms with Crippen molar-refractivity contribution in [1.82, 2.24) is 4.72 Å². The van der Waals surface area contributed by atoms with Crippen molar-refractivity contribution in [3.05, 3.63) is 41.1 Å². The minimum Gasteiger partial charge on any atom is -0.490 e. The average molecular weight is 384 g/mol. The molecule has 4 nitrogen and oxygen atoms in total. The summed E-state index contributed by atoms with van der Waals surface area (Å²) in [7, 11) is -3.53. The van der Waals surface area contributed by atoms with E-state index in [9.17, 15) is 12.8 Å². The normalized spacial score (nSPS) is 16.3. The summed E-state index contributed by atoms with van der Waals surface area (Å²) in [5.74, 6) is 0.905. The van der Waals surface area contributed by atoms with Crippen molar-refractivity contribution in [3.8, 4) is 5.75 Å². The molecular formula is C20H30FNO3S. The zero-order valence-electron chi connectivity index (χ0n) is 15.9. The molecule has 1 N–H and O–H groups in total. The standard InChI is InChI=1S/C20H30FNO3S/c1-15(2)7-5-4-6-12-26(23,24)22-16(3)18-10-11-19(21)20(13-18)25-14-17-8-9-17/h6,10-13,15-17,22H,4-5,7-9,14H2,1-3H3/b12-6+/t16-/m1/s1. The summed E-state index contributed by atoms with van der Waals surface area (Å²) in [4.78, 5) is 0. The summed E-state index contributed by atoms with van der Waals surface area (Å²) < 4.78 is 46.4. The second-order valence-corrected chi connectivity index (χ2v) is 9.12. The third-order valence-corrected chi connectivity index (χ3v) is 5.63. The van der Waals surface area contributed by atoms with Gasteiger partial charge in [0.2, 0.25) is 10.0 Å². The summed E-state index contributed by atoms with van der Waals surface area (Å²) in [5, 5.41) is 1.22. The van der Waals surface area contributed by atoms with E-state index in [1.165, 1.54) is 11.5 Å². The van der Waals surface area contributed by atoms with Crippen LogP contribution in [-0.4, -0.2) is 15.0 Å². The Bertz CT molecular complexity index is 712. The van der Waals surface area contributed by atoms with Crippen LogP contribution in [0.1, 0.15) is 64.5 Å². The van der Waals surface area contributed by atoms with E-state index in [-0.39, 0.29) is 5.75 Å². The van der Waals surface area contributed by atoms with Crippen LogP contribution in [0.2, 0.25) is 0 Å². The van der Waals surface area contributed by atoms with Gasteiger partial charge in [0.05, 0.1) is 6.61 Å². The van der Waals surface area contributed by atoms with E-state index in [2.05, 4.69) is 18.6 Å². The van der Waals surface area contributed by atoms with Crippen molar-refractivity contribution >= 4 is 10.0 Å². The van der Waals surface area contributed by atoms with Crippen LogP contribution in [0.4, 0.5) is 4.39 Å². The zero-order chi connectivity index (χ0) is 19.2. The van der Waals surface area contributed by atoms with E-state index < -0.39 is 21.9 Å². The van der Waals surface area contributed by atoms with E-state index in [1.54, 1.807) is 25.1 Å². The molecule has 0 aliphatic heterocycles. The third kappa shape index (κ3) is 7.46. The molecule has 0 amide bonds. The van der Waals surface area contributed by atoms with Gasteiger partial charge < -0.3 is 4.74 Å². The first-order valence-electron chi connectivity index (χ1n) is 9.38. The van der Waals surface area contributed by atoms with Gasteiger partial charge in [0.1, 0.15) is 0 Å². The molecule has 0 radical (unpaired) electrons. The minimum absolute atomic E-state index is 0.185. The number of hydrogen-bond donors (Lipinski definition) is 1. The van der Waals surface area contributed by atoms with E-state index >= 15 is 0 Å². The molecule has 26 heavy (non-hydrogen) atoms. The lowest BCUT2D eigenvalue weighted by atomic mass is 10.1. The maximum atomic E-state index is 13.9. The quantitative estimate of drug-likeness (QED) is 0.551. The molecule has 146 valence electrons. The molecule has 0 saturated heterocycles. The molecule has 0 spiro atoms. The first kappa shape index (κ1) is 20.9. The molecule has 1 aromatic carbocycles. The van der Waals surface area contributed by atoms with Crippen molar-refractivity contribution in [2.45, 2.75) is 58.9 Å². The monoisotopic (exact) mass is 383 g/mol. The second-order valence-electron chi connectivity index (χ2n) is 7.53. The Kier molecular flexibility index (Phi) is 7.65. The lowest BCUT2D eigenvalue weighted by Crippen LogP contribution is -2.24. The Morgan fingerprint density at radius 1 is 1.31 bits per heavy atom. The van der Waals surface area contributed by atoms with E-state index in [4.69, 9.17) is 4.74 Å². The average Bonchev–Trinajstić information content (AvgIpc) is 3.37. The topological polar surface area (TPSA) is 55.4 Å². The summed E-state index contributed by atoms with van der Waals surface area (Å²) in [6, 6.07) is 4.02. The molecule has 0 aromatic heterocycles. The number of rotatable bonds is 11. The van der Waals surface area contributed by atoms with E-state index in [1.807, 2.05) is 0 Å². The van der Waals surface area contributed by atoms with Crippen molar-refractivity contribution in [2.24, 2.45) is 11.8 Å². The fourth-order valence-corrected chi connectivity index (χ4v) is 3.68. The van der Waals surface area contributed by atoms with Gasteiger partial charge in [-0.3, -0.25) is 0 Å². The maximum Gasteiger partial charge on any atom is 0.233 e. The van der Waals surface area contributed by atoms with Crippen LogP contribution in [-0.2, 0) is 10.0 Å². The molecule has 1 aromatic rings. The first-order valence-corrected chi connectivity index (χ1v) is 10.9. The lowest BCUT2D eigenvalue weighted by molar-refractivity contribution is 0.285. The predicted molar refractivity (Wildman–Crippen MR) is 103 cm³/mol. The number of nitrogens with one attached hydrogen (secondary N) is 1. The van der Waals surface area contributed by atoms with Gasteiger partial charge in [-0.1, -0.05) is 32.4 Å². The number of hydrogen-bond acceptors (Lipinski definition) is 3. The number of ether oxygens (including phenoxy) is 1. The van der Waals surface area contributed by atoms with Gasteiger partial charge in [-0.25, -0.2) is 17.5 Å². The fraction of sp³-hybridized carbons (Fsp3) is 0.600. The number of benzene rings is 1. The smallest absolute Gasteiger partial charge is 0.233 e. The molecular weight excluding hydrogens is 353 g/mol. The molecule has 1 fully saturated rings. The van der Waals surface area contributed by atoms with Gasteiger partial charge in [0, 0.05) is 11.4 Å². The van der Waals surface area contributed by atoms with Gasteiger partial charge in [0.15, 0.2) is 11.6 Å². The summed E-state index contributed by atoms with van der Waals surface area (Å²) >= 11 is 0. The van der Waals surface area contributed by atoms with Crippen LogP contribution >= 0.6 is 0 Å². The highest BCUT2D eigenvalue weighted by molar-refractivity contribution is 7.92. The van der Waals surface area contributed by atoms with Gasteiger partial charge in [-0.15, -0.1) is 0 Å². The fourth-order valence-electron chi connectivity index (χ4n) is 2.58. The molecule has 0 bridgehead atoms. The van der Waals surface area contributed by atoms with Crippen LogP contribution in [0.3, 0.4) is 0 Å². The van der Waals surface area contributed by atoms with Crippen molar-refractivity contribution in [3.63, 3.8) is 0 Å². The highest BCUT2D eigenvalue weighted by atomic mass is 32.2. The van der Waals surface area contributed by atoms with Crippen molar-refractivity contribution in [2.75, 3.05) is 6.61 Å². The summed E-state index contributed by atoms with van der Waals surface area (Å²) in [5.41, 5.74) is 0.675. The predicted octanol–water partition coefficient (Wildman–Crippen LogP) is 4.93. The minimum atomic E-state index is -3.53. The van der Waals surface area contributed by atoms with E-state index in [0.717, 1.165) is 32.1 Å². The Morgan fingerprint density at radius 3 is 2.69 bits per heavy atom. The molecule has 1 saturated carbocycles. The Labute approximate surface area is 156 Å². The van der Waals surface area contributed by atoms with Gasteiger partial charge in [0.25, 0.3) is 0 Å². The lowest BCUT2D eigenvalue weighted by Gasteiger charge is -2.15. The highest BCUT2D eigenvalue weighted by Crippen LogP contribution is 2.31. The number of unbranched alkanes of at least 4 members (excludes halogenated alkanes) is 1. The van der Waals surface area contributed by atoms with Crippen molar-refractivity contribution < 1.29 is 17.5 Å². The van der Waals surface area contributed by atoms with E-state index in [0.29, 0.717) is 24.0 Å². The first-order chi connectivity index (χ1) is 12.3. The number of sulfonamides is 1. The highest BCUT2D eigenvalue weighted by Gasteiger charge is 2.23. The molecule has 6 heteroatoms. The largest absolute Gasteiger partial charge is 0.490 e. The number of halogens is 1. The summed E-state index contributed by atoms with van der Waals surface area (Å²) in [6.07, 6.45) is 6.73. The molecule has 2 rings (SSSR count). The third-order valence-electron chi connectivity index (χ3n) is 4.40. The van der Waals surface area contributed by atoms with Crippen LogP contribution in [0.5, 0.6) is 5.75 Å². The molecule has 1 aliphatic carbocycles. The van der Waals surface area contributed by atoms with Gasteiger partial charge >= 0.3 is 0 Å². The SMILES string of the molecule is CC(C)CCC/C=C/S(=O)(=O)N[C@H](C)c1ccc(F)c(OCC2CC2)c1. The van der Waals surface area contributed by atoms with Crippen LogP contribution in [0.25, 0.3) is 0 Å². The van der Waals surface area contributed by atoms with Gasteiger partial charge in [-0.2, -0.15) is 0 Å². The Morgan fingerprint density at radius 2 is 2.04 bits per heavy atom. The van der Waals surface area contributed by atoms with Gasteiger partial charge in [-0.05, 0) is 62.1 Å². The van der Waals surface area contributed by atoms with Crippen LogP contribution < -0.4 is 9.46 Å².